The molecule has 3 atom stereocenters. The largest absolute Gasteiger partial charge is 0.342 e. The van der Waals surface area contributed by atoms with Crippen LogP contribution in [0.3, 0.4) is 0 Å². The minimum atomic E-state index is -0.369. The van der Waals surface area contributed by atoms with Crippen LogP contribution in [0.15, 0.2) is 0 Å². The summed E-state index contributed by atoms with van der Waals surface area (Å²) in [5.74, 6) is 1.22. The van der Waals surface area contributed by atoms with Crippen molar-refractivity contribution < 1.29 is 9.59 Å². The van der Waals surface area contributed by atoms with Crippen LogP contribution in [0.25, 0.3) is 0 Å². The number of nitrogens with zero attached hydrogens (tertiary/aromatic N) is 2. The fraction of sp³-hybridized carbons (Fsp3) is 0.900. The van der Waals surface area contributed by atoms with E-state index in [1.54, 1.807) is 0 Å². The molecule has 0 spiro atoms. The highest BCUT2D eigenvalue weighted by molar-refractivity contribution is 5.82. The maximum atomic E-state index is 12.9. The van der Waals surface area contributed by atoms with Crippen LogP contribution in [0.1, 0.15) is 65.2 Å². The summed E-state index contributed by atoms with van der Waals surface area (Å²) in [7, 11) is 0. The average Bonchev–Trinajstić information content (AvgIpc) is 2.60. The van der Waals surface area contributed by atoms with E-state index in [1.165, 1.54) is 6.42 Å². The van der Waals surface area contributed by atoms with E-state index in [4.69, 9.17) is 5.73 Å². The first-order valence-corrected chi connectivity index (χ1v) is 10.2. The molecule has 3 rings (SSSR count). The van der Waals surface area contributed by atoms with Crippen molar-refractivity contribution in [2.75, 3.05) is 26.2 Å². The van der Waals surface area contributed by atoms with Crippen molar-refractivity contribution in [1.82, 2.24) is 9.80 Å². The predicted molar refractivity (Wildman–Crippen MR) is 98.8 cm³/mol. The van der Waals surface area contributed by atoms with Gasteiger partial charge in [-0.15, -0.1) is 0 Å². The fourth-order valence-electron chi connectivity index (χ4n) is 4.98. The maximum Gasteiger partial charge on any atom is 0.227 e. The van der Waals surface area contributed by atoms with Crippen LogP contribution in [-0.2, 0) is 9.59 Å². The van der Waals surface area contributed by atoms with Gasteiger partial charge in [-0.2, -0.15) is 0 Å². The lowest BCUT2D eigenvalue weighted by atomic mass is 9.73. The second kappa shape index (κ2) is 7.65. The minimum Gasteiger partial charge on any atom is -0.342 e. The second-order valence-corrected chi connectivity index (χ2v) is 8.94. The average molecular weight is 350 g/mol. The van der Waals surface area contributed by atoms with E-state index < -0.39 is 0 Å². The predicted octanol–water partition coefficient (Wildman–Crippen LogP) is 2.39. The van der Waals surface area contributed by atoms with E-state index in [0.717, 1.165) is 58.0 Å². The summed E-state index contributed by atoms with van der Waals surface area (Å²) in [6, 6.07) is 0. The van der Waals surface area contributed by atoms with Crippen molar-refractivity contribution in [2.45, 2.75) is 70.8 Å². The van der Waals surface area contributed by atoms with Crippen molar-refractivity contribution >= 4 is 11.8 Å². The number of rotatable bonds is 2. The number of amides is 2. The number of nitrogens with two attached hydrogens (primary N) is 1. The van der Waals surface area contributed by atoms with Crippen LogP contribution < -0.4 is 5.73 Å². The summed E-state index contributed by atoms with van der Waals surface area (Å²) >= 11 is 0. The highest BCUT2D eigenvalue weighted by atomic mass is 16.2. The zero-order valence-corrected chi connectivity index (χ0v) is 16.0. The maximum absolute atomic E-state index is 12.9. The number of hydrogen-bond donors (Lipinski definition) is 1. The van der Waals surface area contributed by atoms with E-state index in [-0.39, 0.29) is 23.3 Å². The first-order chi connectivity index (χ1) is 11.9. The van der Waals surface area contributed by atoms with Crippen LogP contribution in [0.4, 0.5) is 0 Å². The van der Waals surface area contributed by atoms with Gasteiger partial charge in [0.15, 0.2) is 0 Å². The van der Waals surface area contributed by atoms with Crippen LogP contribution in [0.2, 0.25) is 0 Å². The van der Waals surface area contributed by atoms with Gasteiger partial charge in [0.2, 0.25) is 11.8 Å². The Morgan fingerprint density at radius 3 is 2.28 bits per heavy atom. The molecule has 0 aromatic carbocycles. The van der Waals surface area contributed by atoms with Gasteiger partial charge in [0.1, 0.15) is 0 Å². The monoisotopic (exact) mass is 349 g/mol. The number of carbonyl (C=O) groups is 2. The molecule has 2 aliphatic heterocycles. The lowest BCUT2D eigenvalue weighted by Gasteiger charge is -2.42. The molecule has 2 N–H and O–H groups in total. The zero-order valence-electron chi connectivity index (χ0n) is 16.0. The van der Waals surface area contributed by atoms with E-state index in [2.05, 4.69) is 11.8 Å². The minimum absolute atomic E-state index is 0.0450. The normalized spacial score (nSPS) is 34.8. The Balaban J connectivity index is 1.53. The molecular weight excluding hydrogens is 314 g/mol. The number of piperidine rings is 2. The van der Waals surface area contributed by atoms with Gasteiger partial charge in [-0.1, -0.05) is 19.8 Å². The van der Waals surface area contributed by atoms with Crippen LogP contribution >= 0.6 is 0 Å². The Labute approximate surface area is 152 Å². The summed E-state index contributed by atoms with van der Waals surface area (Å²) < 4.78 is 0. The summed E-state index contributed by atoms with van der Waals surface area (Å²) in [5, 5.41) is 0. The molecule has 5 nitrogen and oxygen atoms in total. The van der Waals surface area contributed by atoms with Crippen LogP contribution in [0.5, 0.6) is 0 Å². The van der Waals surface area contributed by atoms with E-state index in [9.17, 15) is 9.59 Å². The topological polar surface area (TPSA) is 66.6 Å². The summed E-state index contributed by atoms with van der Waals surface area (Å²) in [5.41, 5.74) is 6.04. The van der Waals surface area contributed by atoms with Gasteiger partial charge in [0.05, 0.1) is 5.92 Å². The lowest BCUT2D eigenvalue weighted by molar-refractivity contribution is -0.145. The third kappa shape index (κ3) is 4.18. The molecule has 0 aromatic rings. The summed E-state index contributed by atoms with van der Waals surface area (Å²) in [4.78, 5) is 29.8. The van der Waals surface area contributed by atoms with Gasteiger partial charge in [-0.25, -0.2) is 0 Å². The van der Waals surface area contributed by atoms with Crippen LogP contribution in [-0.4, -0.2) is 53.3 Å². The van der Waals surface area contributed by atoms with Crippen LogP contribution in [0, 0.1) is 17.8 Å². The van der Waals surface area contributed by atoms with Crippen molar-refractivity contribution in [2.24, 2.45) is 23.5 Å². The fourth-order valence-corrected chi connectivity index (χ4v) is 4.98. The van der Waals surface area contributed by atoms with Gasteiger partial charge < -0.3 is 15.5 Å². The number of likely N-dealkylation sites (tertiary alicyclic amines) is 2. The molecule has 1 saturated carbocycles. The second-order valence-electron chi connectivity index (χ2n) is 8.94. The van der Waals surface area contributed by atoms with E-state index in [1.807, 2.05) is 11.8 Å². The Kier molecular flexibility index (Phi) is 5.71. The molecule has 3 aliphatic rings. The van der Waals surface area contributed by atoms with Gasteiger partial charge in [0.25, 0.3) is 0 Å². The van der Waals surface area contributed by atoms with Gasteiger partial charge in [0, 0.05) is 37.6 Å². The Hall–Kier alpha value is -1.10. The van der Waals surface area contributed by atoms with E-state index in [0.29, 0.717) is 24.9 Å². The van der Waals surface area contributed by atoms with E-state index >= 15 is 0 Å². The molecule has 1 aliphatic carbocycles. The van der Waals surface area contributed by atoms with Crippen molar-refractivity contribution in [1.29, 1.82) is 0 Å². The van der Waals surface area contributed by atoms with Gasteiger partial charge in [-0.05, 0) is 51.4 Å². The molecule has 142 valence electrons. The highest BCUT2D eigenvalue weighted by Gasteiger charge is 2.41. The Morgan fingerprint density at radius 1 is 0.920 bits per heavy atom. The Morgan fingerprint density at radius 2 is 1.64 bits per heavy atom. The third-order valence-corrected chi connectivity index (χ3v) is 6.68. The molecule has 0 radical (unpaired) electrons. The molecular formula is C20H35N3O2. The first-order valence-electron chi connectivity index (χ1n) is 10.2. The molecule has 2 heterocycles. The van der Waals surface area contributed by atoms with Gasteiger partial charge in [-0.3, -0.25) is 9.59 Å². The summed E-state index contributed by atoms with van der Waals surface area (Å²) in [6.45, 7) is 7.51. The quantitative estimate of drug-likeness (QED) is 0.832. The molecule has 0 aromatic heterocycles. The SMILES string of the molecule is CC1CCCN(C(=O)C2CCN(C(=O)C3CCCCC3(C)N)CC2)C1. The number of carbonyl (C=O) groups excluding carboxylic acids is 2. The standard InChI is InChI=1S/C20H35N3O2/c1-15-6-5-11-23(14-15)18(24)16-8-12-22(13-9-16)19(25)17-7-3-4-10-20(17,2)21/h15-17H,3-14,21H2,1-2H3. The third-order valence-electron chi connectivity index (χ3n) is 6.68. The molecule has 5 heteroatoms. The van der Waals surface area contributed by atoms with Crippen molar-refractivity contribution in [3.05, 3.63) is 0 Å². The molecule has 3 fully saturated rings. The molecule has 0 bridgehead atoms. The molecule has 2 amide bonds. The first kappa shape index (κ1) is 18.7. The highest BCUT2D eigenvalue weighted by Crippen LogP contribution is 2.34. The number of hydrogen-bond acceptors (Lipinski definition) is 3. The molecule has 3 unspecified atom stereocenters. The van der Waals surface area contributed by atoms with Crippen molar-refractivity contribution in [3.63, 3.8) is 0 Å². The van der Waals surface area contributed by atoms with Crippen molar-refractivity contribution in [3.8, 4) is 0 Å². The lowest BCUT2D eigenvalue weighted by Crippen LogP contribution is -2.55. The van der Waals surface area contributed by atoms with Gasteiger partial charge >= 0.3 is 0 Å². The zero-order chi connectivity index (χ0) is 18.0. The smallest absolute Gasteiger partial charge is 0.227 e. The Bertz CT molecular complexity index is 497. The molecule has 25 heavy (non-hydrogen) atoms. The summed E-state index contributed by atoms with van der Waals surface area (Å²) in [6.07, 6.45) is 8.05. The molecule has 2 saturated heterocycles.